The van der Waals surface area contributed by atoms with Gasteiger partial charge in [-0.15, -0.1) is 0 Å². The highest BCUT2D eigenvalue weighted by molar-refractivity contribution is 5.94. The fourth-order valence-corrected chi connectivity index (χ4v) is 6.34. The SMILES string of the molecule is CN(C)[C@]1(c2ccccc2)CC[C@]2(CC1)CN(CC(=O)Nc1ccc(O)nc1)C(=O)N2CC1CCC1. The van der Waals surface area contributed by atoms with E-state index in [9.17, 15) is 14.7 Å². The molecule has 2 heterocycles. The highest BCUT2D eigenvalue weighted by Crippen LogP contribution is 2.49. The topological polar surface area (TPSA) is 89.0 Å². The lowest BCUT2D eigenvalue weighted by atomic mass is 9.68. The summed E-state index contributed by atoms with van der Waals surface area (Å²) >= 11 is 0. The van der Waals surface area contributed by atoms with Crippen molar-refractivity contribution in [3.8, 4) is 5.88 Å². The third-order valence-electron chi connectivity index (χ3n) is 8.77. The second-order valence-corrected chi connectivity index (χ2v) is 11.0. The quantitative estimate of drug-likeness (QED) is 0.610. The predicted octanol–water partition coefficient (Wildman–Crippen LogP) is 4.03. The van der Waals surface area contributed by atoms with E-state index < -0.39 is 0 Å². The molecule has 8 heteroatoms. The summed E-state index contributed by atoms with van der Waals surface area (Å²) in [6, 6.07) is 13.7. The Labute approximate surface area is 213 Å². The molecule has 5 rings (SSSR count). The number of carbonyl (C=O) groups excluding carboxylic acids is 2. The van der Waals surface area contributed by atoms with Crippen molar-refractivity contribution in [2.24, 2.45) is 5.92 Å². The lowest BCUT2D eigenvalue weighted by Crippen LogP contribution is -2.56. The molecule has 0 radical (unpaired) electrons. The Morgan fingerprint density at radius 3 is 2.42 bits per heavy atom. The van der Waals surface area contributed by atoms with E-state index in [0.29, 0.717) is 18.2 Å². The van der Waals surface area contributed by atoms with Crippen LogP contribution in [0.2, 0.25) is 0 Å². The molecular formula is C28H37N5O3. The van der Waals surface area contributed by atoms with Crippen LogP contribution in [0.3, 0.4) is 0 Å². The first-order chi connectivity index (χ1) is 17.3. The van der Waals surface area contributed by atoms with Gasteiger partial charge >= 0.3 is 6.03 Å². The highest BCUT2D eigenvalue weighted by atomic mass is 16.3. The fourth-order valence-electron chi connectivity index (χ4n) is 6.34. The summed E-state index contributed by atoms with van der Waals surface area (Å²) < 4.78 is 0. The number of hydrogen-bond donors (Lipinski definition) is 2. The van der Waals surface area contributed by atoms with Crippen LogP contribution in [0, 0.1) is 5.92 Å². The van der Waals surface area contributed by atoms with Crippen LogP contribution in [-0.4, -0.2) is 76.0 Å². The Morgan fingerprint density at radius 1 is 1.11 bits per heavy atom. The lowest BCUT2D eigenvalue weighted by Gasteiger charge is -2.51. The molecule has 2 aliphatic carbocycles. The minimum atomic E-state index is -0.251. The molecule has 3 fully saturated rings. The van der Waals surface area contributed by atoms with Gasteiger partial charge in [-0.2, -0.15) is 0 Å². The minimum absolute atomic E-state index is 0.0140. The van der Waals surface area contributed by atoms with E-state index in [1.807, 2.05) is 0 Å². The number of nitrogens with one attached hydrogen (secondary N) is 1. The third-order valence-corrected chi connectivity index (χ3v) is 8.77. The van der Waals surface area contributed by atoms with Crippen LogP contribution < -0.4 is 5.32 Å². The molecule has 192 valence electrons. The standard InChI is InChI=1S/C28H37N5O3/c1-31(2)28(22-9-4-3-5-10-22)15-13-27(14-16-28)20-32(26(36)33(27)18-21-7-6-8-21)19-25(35)30-23-11-12-24(34)29-17-23/h3-5,9-12,17,21H,6-8,13-16,18-20H2,1-2H3,(H,29,34)(H,30,35)/t27-,28+. The number of carbonyl (C=O) groups is 2. The van der Waals surface area contributed by atoms with Crippen molar-refractivity contribution < 1.29 is 14.7 Å². The summed E-state index contributed by atoms with van der Waals surface area (Å²) in [5.41, 5.74) is 1.55. The zero-order valence-corrected chi connectivity index (χ0v) is 21.3. The van der Waals surface area contributed by atoms with Gasteiger partial charge in [0.05, 0.1) is 17.4 Å². The molecule has 8 nitrogen and oxygen atoms in total. The van der Waals surface area contributed by atoms with Gasteiger partial charge in [-0.3, -0.25) is 9.69 Å². The van der Waals surface area contributed by atoms with Gasteiger partial charge < -0.3 is 20.2 Å². The van der Waals surface area contributed by atoms with Crippen LogP contribution in [0.15, 0.2) is 48.7 Å². The van der Waals surface area contributed by atoms with E-state index in [1.54, 1.807) is 11.0 Å². The van der Waals surface area contributed by atoms with E-state index >= 15 is 0 Å². The number of hydrogen-bond acceptors (Lipinski definition) is 5. The summed E-state index contributed by atoms with van der Waals surface area (Å²) in [5.74, 6) is 0.217. The van der Waals surface area contributed by atoms with Gasteiger partial charge in [0.15, 0.2) is 0 Å². The van der Waals surface area contributed by atoms with Crippen molar-refractivity contribution in [3.63, 3.8) is 0 Å². The molecule has 3 aliphatic rings. The average molecular weight is 492 g/mol. The number of amides is 3. The summed E-state index contributed by atoms with van der Waals surface area (Å²) in [6.07, 6.45) is 8.78. The molecule has 1 aromatic carbocycles. The Kier molecular flexibility index (Phi) is 6.64. The minimum Gasteiger partial charge on any atom is -0.493 e. The van der Waals surface area contributed by atoms with E-state index in [0.717, 1.165) is 32.2 Å². The Hall–Kier alpha value is -3.13. The van der Waals surface area contributed by atoms with E-state index in [2.05, 4.69) is 64.5 Å². The number of nitrogens with zero attached hydrogens (tertiary/aromatic N) is 4. The Morgan fingerprint density at radius 2 is 1.83 bits per heavy atom. The maximum Gasteiger partial charge on any atom is 0.321 e. The van der Waals surface area contributed by atoms with Gasteiger partial charge in [0.25, 0.3) is 0 Å². The molecule has 1 aliphatic heterocycles. The lowest BCUT2D eigenvalue weighted by molar-refractivity contribution is -0.116. The highest BCUT2D eigenvalue weighted by Gasteiger charge is 2.55. The average Bonchev–Trinajstić information content (AvgIpc) is 3.08. The second kappa shape index (κ2) is 9.73. The van der Waals surface area contributed by atoms with E-state index in [1.165, 1.54) is 37.1 Å². The molecule has 36 heavy (non-hydrogen) atoms. The molecule has 0 bridgehead atoms. The summed E-state index contributed by atoms with van der Waals surface area (Å²) in [5, 5.41) is 12.2. The van der Waals surface area contributed by atoms with Crippen LogP contribution >= 0.6 is 0 Å². The first-order valence-electron chi connectivity index (χ1n) is 13.1. The molecule has 1 aromatic heterocycles. The largest absolute Gasteiger partial charge is 0.493 e. The summed E-state index contributed by atoms with van der Waals surface area (Å²) in [7, 11) is 4.32. The molecule has 2 aromatic rings. The second-order valence-electron chi connectivity index (χ2n) is 11.0. The maximum atomic E-state index is 13.7. The molecule has 2 saturated carbocycles. The number of pyridine rings is 1. The number of rotatable bonds is 7. The van der Waals surface area contributed by atoms with Crippen LogP contribution in [0.25, 0.3) is 0 Å². The first-order valence-corrected chi connectivity index (χ1v) is 13.1. The summed E-state index contributed by atoms with van der Waals surface area (Å²) in [6.45, 7) is 1.39. The molecular weight excluding hydrogens is 454 g/mol. The summed E-state index contributed by atoms with van der Waals surface area (Å²) in [4.78, 5) is 36.5. The van der Waals surface area contributed by atoms with Crippen LogP contribution in [0.4, 0.5) is 10.5 Å². The number of aromatic nitrogens is 1. The normalized spacial score (nSPS) is 26.5. The van der Waals surface area contributed by atoms with Crippen molar-refractivity contribution in [2.45, 2.75) is 56.0 Å². The number of urea groups is 1. The van der Waals surface area contributed by atoms with Crippen LogP contribution in [0.1, 0.15) is 50.5 Å². The van der Waals surface area contributed by atoms with Gasteiger partial charge in [-0.05, 0) is 70.2 Å². The number of anilines is 1. The predicted molar refractivity (Wildman–Crippen MR) is 139 cm³/mol. The van der Waals surface area contributed by atoms with E-state index in [-0.39, 0.29) is 35.4 Å². The van der Waals surface area contributed by atoms with E-state index in [4.69, 9.17) is 0 Å². The van der Waals surface area contributed by atoms with Crippen molar-refractivity contribution in [3.05, 3.63) is 54.2 Å². The van der Waals surface area contributed by atoms with Crippen LogP contribution in [0.5, 0.6) is 5.88 Å². The first kappa shape index (κ1) is 24.6. The third kappa shape index (κ3) is 4.54. The zero-order chi connectivity index (χ0) is 25.3. The number of aromatic hydroxyl groups is 1. The molecule has 3 amide bonds. The van der Waals surface area contributed by atoms with Crippen molar-refractivity contribution in [1.82, 2.24) is 19.7 Å². The molecule has 1 spiro atoms. The van der Waals surface area contributed by atoms with Gasteiger partial charge in [-0.1, -0.05) is 36.8 Å². The Bertz CT molecular complexity index is 1080. The Balaban J connectivity index is 1.33. The monoisotopic (exact) mass is 491 g/mol. The van der Waals surface area contributed by atoms with Gasteiger partial charge in [0, 0.05) is 24.7 Å². The number of benzene rings is 1. The van der Waals surface area contributed by atoms with Crippen molar-refractivity contribution in [2.75, 3.05) is 39.0 Å². The maximum absolute atomic E-state index is 13.7. The zero-order valence-electron chi connectivity index (χ0n) is 21.3. The molecule has 0 atom stereocenters. The molecule has 1 saturated heterocycles. The van der Waals surface area contributed by atoms with Crippen molar-refractivity contribution in [1.29, 1.82) is 0 Å². The van der Waals surface area contributed by atoms with Gasteiger partial charge in [-0.25, -0.2) is 9.78 Å². The van der Waals surface area contributed by atoms with Crippen molar-refractivity contribution >= 4 is 17.6 Å². The molecule has 0 unspecified atom stereocenters. The molecule has 2 N–H and O–H groups in total. The smallest absolute Gasteiger partial charge is 0.321 e. The van der Waals surface area contributed by atoms with Gasteiger partial charge in [0.1, 0.15) is 6.54 Å². The van der Waals surface area contributed by atoms with Crippen LogP contribution in [-0.2, 0) is 10.3 Å². The van der Waals surface area contributed by atoms with Gasteiger partial charge in [0.2, 0.25) is 11.8 Å². The fraction of sp³-hybridized carbons (Fsp3) is 0.536.